The Balaban J connectivity index is 2.68. The first kappa shape index (κ1) is 10.4. The van der Waals surface area contributed by atoms with Gasteiger partial charge in [0, 0.05) is 39.2 Å². The molecule has 0 unspecified atom stereocenters. The third-order valence-electron chi connectivity index (χ3n) is 1.26. The molecule has 13 heavy (non-hydrogen) atoms. The van der Waals surface area contributed by atoms with E-state index in [1.54, 1.807) is 24.3 Å². The molecule has 0 saturated heterocycles. The van der Waals surface area contributed by atoms with Crippen LogP contribution in [0.5, 0.6) is 0 Å². The van der Waals surface area contributed by atoms with Crippen LogP contribution in [0.3, 0.4) is 0 Å². The van der Waals surface area contributed by atoms with Gasteiger partial charge < -0.3 is 5.32 Å². The van der Waals surface area contributed by atoms with Gasteiger partial charge in [0.05, 0.1) is 0 Å². The Kier molecular flexibility index (Phi) is 4.06. The quantitative estimate of drug-likeness (QED) is 0.627. The molecule has 0 spiro atoms. The summed E-state index contributed by atoms with van der Waals surface area (Å²) in [4.78, 5) is 11.0. The van der Waals surface area contributed by atoms with Crippen LogP contribution >= 0.6 is 34.2 Å². The van der Waals surface area contributed by atoms with Crippen molar-refractivity contribution in [2.45, 2.75) is 0 Å². The van der Waals surface area contributed by atoms with Crippen LogP contribution in [-0.2, 0) is 4.79 Å². The SMILES string of the molecule is O=C(C#CI)Nc1ccc(Cl)cc1. The lowest BCUT2D eigenvalue weighted by molar-refractivity contribution is -0.111. The average molecular weight is 306 g/mol. The summed E-state index contributed by atoms with van der Waals surface area (Å²) in [6.07, 6.45) is 0. The maximum atomic E-state index is 11.0. The number of hydrogen-bond acceptors (Lipinski definition) is 1. The van der Waals surface area contributed by atoms with Crippen LogP contribution < -0.4 is 5.32 Å². The van der Waals surface area contributed by atoms with E-state index in [4.69, 9.17) is 11.6 Å². The van der Waals surface area contributed by atoms with Crippen molar-refractivity contribution in [1.29, 1.82) is 0 Å². The lowest BCUT2D eigenvalue weighted by Gasteiger charge is -1.99. The van der Waals surface area contributed by atoms with Crippen LogP contribution in [0.4, 0.5) is 5.69 Å². The lowest BCUT2D eigenvalue weighted by Crippen LogP contribution is -2.07. The zero-order valence-electron chi connectivity index (χ0n) is 6.47. The number of rotatable bonds is 1. The van der Waals surface area contributed by atoms with Crippen LogP contribution in [0.2, 0.25) is 5.02 Å². The topological polar surface area (TPSA) is 29.1 Å². The minimum absolute atomic E-state index is 0.322. The van der Waals surface area contributed by atoms with E-state index >= 15 is 0 Å². The van der Waals surface area contributed by atoms with E-state index in [2.05, 4.69) is 15.2 Å². The summed E-state index contributed by atoms with van der Waals surface area (Å²) in [6, 6.07) is 6.84. The van der Waals surface area contributed by atoms with E-state index in [0.29, 0.717) is 10.7 Å². The number of halogens is 2. The Labute approximate surface area is 94.8 Å². The maximum Gasteiger partial charge on any atom is 0.301 e. The Morgan fingerprint density at radius 2 is 2.00 bits per heavy atom. The highest BCUT2D eigenvalue weighted by molar-refractivity contribution is 14.1. The molecule has 1 aromatic carbocycles. The van der Waals surface area contributed by atoms with E-state index in [-0.39, 0.29) is 5.91 Å². The van der Waals surface area contributed by atoms with Crippen molar-refractivity contribution < 1.29 is 4.79 Å². The molecule has 1 aromatic rings. The Morgan fingerprint density at radius 1 is 1.38 bits per heavy atom. The summed E-state index contributed by atoms with van der Waals surface area (Å²) in [5.41, 5.74) is 0.688. The molecule has 0 atom stereocenters. The predicted molar refractivity (Wildman–Crippen MR) is 61.9 cm³/mol. The number of hydrogen-bond donors (Lipinski definition) is 1. The van der Waals surface area contributed by atoms with Gasteiger partial charge in [-0.1, -0.05) is 11.6 Å². The van der Waals surface area contributed by atoms with Gasteiger partial charge in [0.25, 0.3) is 0 Å². The molecule has 0 fully saturated rings. The second-order valence-corrected chi connectivity index (χ2v) is 3.16. The first-order valence-corrected chi connectivity index (χ1v) is 4.86. The fourth-order valence-electron chi connectivity index (χ4n) is 0.738. The minimum Gasteiger partial charge on any atom is -0.315 e. The highest BCUT2D eigenvalue weighted by atomic mass is 127. The molecule has 0 bridgehead atoms. The van der Waals surface area contributed by atoms with Crippen LogP contribution in [0.25, 0.3) is 0 Å². The number of nitrogens with one attached hydrogen (secondary N) is 1. The van der Waals surface area contributed by atoms with Crippen LogP contribution in [-0.4, -0.2) is 5.91 Å². The van der Waals surface area contributed by atoms with E-state index < -0.39 is 0 Å². The standard InChI is InChI=1S/C9H5ClINO/c10-7-1-3-8(4-2-7)12-9(13)5-6-11/h1-4H,(H,12,13). The van der Waals surface area contributed by atoms with E-state index in [1.807, 2.05) is 22.6 Å². The third-order valence-corrected chi connectivity index (χ3v) is 1.78. The van der Waals surface area contributed by atoms with Gasteiger partial charge in [-0.05, 0) is 28.2 Å². The van der Waals surface area contributed by atoms with Crippen LogP contribution in [0.1, 0.15) is 0 Å². The maximum absolute atomic E-state index is 11.0. The molecule has 1 N–H and O–H groups in total. The van der Waals surface area contributed by atoms with E-state index in [0.717, 1.165) is 0 Å². The van der Waals surface area contributed by atoms with Gasteiger partial charge in [-0.3, -0.25) is 4.79 Å². The molecule has 0 heterocycles. The number of amides is 1. The Hall–Kier alpha value is -0.730. The normalized spacial score (nSPS) is 8.46. The van der Waals surface area contributed by atoms with Gasteiger partial charge in [-0.2, -0.15) is 0 Å². The first-order chi connectivity index (χ1) is 6.22. The zero-order chi connectivity index (χ0) is 9.68. The molecule has 1 amide bonds. The highest BCUT2D eigenvalue weighted by Gasteiger charge is 1.96. The summed E-state index contributed by atoms with van der Waals surface area (Å²) in [5, 5.41) is 3.23. The van der Waals surface area contributed by atoms with E-state index in [9.17, 15) is 4.79 Å². The molecule has 0 aromatic heterocycles. The Bertz CT molecular complexity index is 363. The number of carbonyl (C=O) groups is 1. The highest BCUT2D eigenvalue weighted by Crippen LogP contribution is 2.12. The third kappa shape index (κ3) is 3.66. The van der Waals surface area contributed by atoms with Gasteiger partial charge in [-0.25, -0.2) is 0 Å². The van der Waals surface area contributed by atoms with Crippen molar-refractivity contribution in [2.75, 3.05) is 5.32 Å². The van der Waals surface area contributed by atoms with Gasteiger partial charge in [-0.15, -0.1) is 0 Å². The fourth-order valence-corrected chi connectivity index (χ4v) is 1.11. The molecule has 0 aliphatic heterocycles. The number of anilines is 1. The largest absolute Gasteiger partial charge is 0.315 e. The average Bonchev–Trinajstić information content (AvgIpc) is 2.09. The van der Waals surface area contributed by atoms with E-state index in [1.165, 1.54) is 0 Å². The number of benzene rings is 1. The van der Waals surface area contributed by atoms with Crippen LogP contribution in [0.15, 0.2) is 24.3 Å². The number of carbonyl (C=O) groups excluding carboxylic acids is 1. The van der Waals surface area contributed by atoms with Gasteiger partial charge in [0.2, 0.25) is 0 Å². The molecule has 1 rings (SSSR count). The predicted octanol–water partition coefficient (Wildman–Crippen LogP) is 2.67. The van der Waals surface area contributed by atoms with Gasteiger partial charge >= 0.3 is 5.91 Å². The molecule has 0 saturated carbocycles. The molecular weight excluding hydrogens is 300 g/mol. The fraction of sp³-hybridized carbons (Fsp3) is 0. The Morgan fingerprint density at radius 3 is 2.54 bits per heavy atom. The van der Waals surface area contributed by atoms with Gasteiger partial charge in [0.1, 0.15) is 0 Å². The van der Waals surface area contributed by atoms with Crippen molar-refractivity contribution in [3.8, 4) is 9.85 Å². The summed E-state index contributed by atoms with van der Waals surface area (Å²) in [7, 11) is 0. The summed E-state index contributed by atoms with van der Waals surface area (Å²) < 4.78 is 2.48. The van der Waals surface area contributed by atoms with Crippen molar-refractivity contribution in [3.05, 3.63) is 29.3 Å². The van der Waals surface area contributed by atoms with Crippen molar-refractivity contribution in [1.82, 2.24) is 0 Å². The zero-order valence-corrected chi connectivity index (χ0v) is 9.39. The van der Waals surface area contributed by atoms with Crippen molar-refractivity contribution >= 4 is 45.8 Å². The van der Waals surface area contributed by atoms with Gasteiger partial charge in [0.15, 0.2) is 0 Å². The second kappa shape index (κ2) is 5.10. The summed E-state index contributed by atoms with van der Waals surface area (Å²) in [6.45, 7) is 0. The molecule has 0 aliphatic carbocycles. The summed E-state index contributed by atoms with van der Waals surface area (Å²) in [5.74, 6) is 2.04. The molecular formula is C9H5ClINO. The molecule has 0 radical (unpaired) electrons. The molecule has 2 nitrogen and oxygen atoms in total. The second-order valence-electron chi connectivity index (χ2n) is 2.18. The van der Waals surface area contributed by atoms with Crippen molar-refractivity contribution in [2.24, 2.45) is 0 Å². The summed E-state index contributed by atoms with van der Waals surface area (Å²) >= 11 is 7.48. The lowest BCUT2D eigenvalue weighted by atomic mass is 10.3. The molecule has 4 heteroatoms. The molecule has 66 valence electrons. The monoisotopic (exact) mass is 305 g/mol. The van der Waals surface area contributed by atoms with Crippen molar-refractivity contribution in [3.63, 3.8) is 0 Å². The van der Waals surface area contributed by atoms with Crippen LogP contribution in [0, 0.1) is 9.85 Å². The first-order valence-electron chi connectivity index (χ1n) is 3.40. The minimum atomic E-state index is -0.322. The molecule has 0 aliphatic rings. The smallest absolute Gasteiger partial charge is 0.301 e.